The van der Waals surface area contributed by atoms with E-state index in [2.05, 4.69) is 10.2 Å². The molecule has 1 amide bonds. The number of hydrogen-bond donors (Lipinski definition) is 1. The number of amides is 1. The number of ether oxygens (including phenoxy) is 1. The predicted octanol–water partition coefficient (Wildman–Crippen LogP) is 5.44. The molecule has 3 heterocycles. The van der Waals surface area contributed by atoms with Crippen molar-refractivity contribution in [3.8, 4) is 28.1 Å². The average Bonchev–Trinajstić information content (AvgIpc) is 3.42. The molecule has 1 aliphatic heterocycles. The molecule has 6 rings (SSSR count). The third kappa shape index (κ3) is 6.87. The van der Waals surface area contributed by atoms with Crippen LogP contribution in [0.2, 0.25) is 0 Å². The fourth-order valence-electron chi connectivity index (χ4n) is 5.75. The summed E-state index contributed by atoms with van der Waals surface area (Å²) in [6, 6.07) is 24.3. The number of nitrogens with one attached hydrogen (secondary N) is 1. The lowest BCUT2D eigenvalue weighted by Crippen LogP contribution is -2.48. The van der Waals surface area contributed by atoms with Crippen molar-refractivity contribution >= 4 is 33.0 Å². The van der Waals surface area contributed by atoms with Gasteiger partial charge in [-0.1, -0.05) is 24.3 Å². The van der Waals surface area contributed by atoms with Crippen LogP contribution in [0.5, 0.6) is 5.75 Å². The van der Waals surface area contributed by atoms with Crippen LogP contribution in [-0.4, -0.2) is 70.6 Å². The van der Waals surface area contributed by atoms with Crippen LogP contribution >= 0.6 is 0 Å². The van der Waals surface area contributed by atoms with E-state index in [0.29, 0.717) is 48.8 Å². The normalized spacial score (nSPS) is 14.3. The maximum absolute atomic E-state index is 13.4. The molecule has 1 aliphatic rings. The summed E-state index contributed by atoms with van der Waals surface area (Å²) < 4.78 is 36.0. The molecule has 0 saturated carbocycles. The summed E-state index contributed by atoms with van der Waals surface area (Å²) in [5.74, 6) is 0.535. The van der Waals surface area contributed by atoms with Crippen molar-refractivity contribution in [1.29, 1.82) is 0 Å². The second-order valence-corrected chi connectivity index (χ2v) is 13.1. The van der Waals surface area contributed by atoms with Crippen LogP contribution in [0.3, 0.4) is 0 Å². The maximum atomic E-state index is 13.4. The standard InChI is InChI=1S/C34H34N6O6S/c1-3-46-30-9-5-6-25(21-30)27-10-15-33-36-34(26-7-4-8-29(20-26)40(42)43)32(39(33)22-27)23-37-16-18-38(19-17-37)47(44,45)31-13-11-28(12-14-31)35-24(2)41/h4-15,20-22H,3,16-19,23H2,1-2H3,(H,35,41). The molecule has 12 nitrogen and oxygen atoms in total. The number of benzene rings is 3. The number of anilines is 1. The van der Waals surface area contributed by atoms with Gasteiger partial charge in [0.15, 0.2) is 0 Å². The van der Waals surface area contributed by atoms with Gasteiger partial charge in [-0.15, -0.1) is 0 Å². The van der Waals surface area contributed by atoms with Gasteiger partial charge in [0.2, 0.25) is 15.9 Å². The largest absolute Gasteiger partial charge is 0.494 e. The molecular weight excluding hydrogens is 620 g/mol. The molecule has 0 atom stereocenters. The van der Waals surface area contributed by atoms with E-state index in [1.54, 1.807) is 18.2 Å². The molecule has 13 heteroatoms. The van der Waals surface area contributed by atoms with E-state index in [-0.39, 0.29) is 29.6 Å². The number of fused-ring (bicyclic) bond motifs is 1. The van der Waals surface area contributed by atoms with Crippen LogP contribution in [0.25, 0.3) is 28.0 Å². The minimum absolute atomic E-state index is 0.0251. The number of imidazole rings is 1. The van der Waals surface area contributed by atoms with Crippen molar-refractivity contribution < 1.29 is 22.9 Å². The van der Waals surface area contributed by atoms with E-state index < -0.39 is 14.9 Å². The Hall–Kier alpha value is -5.11. The number of pyridine rings is 1. The number of aromatic nitrogens is 2. The molecular formula is C34H34N6O6S. The Labute approximate surface area is 272 Å². The third-order valence-corrected chi connectivity index (χ3v) is 9.96. The topological polar surface area (TPSA) is 139 Å². The Kier molecular flexibility index (Phi) is 9.03. The molecule has 47 heavy (non-hydrogen) atoms. The summed E-state index contributed by atoms with van der Waals surface area (Å²) in [6.45, 7) is 5.85. The van der Waals surface area contributed by atoms with Gasteiger partial charge in [0.25, 0.3) is 5.69 Å². The van der Waals surface area contributed by atoms with Gasteiger partial charge in [-0.2, -0.15) is 4.31 Å². The molecule has 1 saturated heterocycles. The van der Waals surface area contributed by atoms with E-state index in [1.807, 2.05) is 60.0 Å². The Morgan fingerprint density at radius 2 is 1.66 bits per heavy atom. The highest BCUT2D eigenvalue weighted by atomic mass is 32.2. The van der Waals surface area contributed by atoms with Gasteiger partial charge in [-0.3, -0.25) is 19.8 Å². The summed E-state index contributed by atoms with van der Waals surface area (Å²) >= 11 is 0. The van der Waals surface area contributed by atoms with E-state index in [9.17, 15) is 23.3 Å². The quantitative estimate of drug-likeness (QED) is 0.155. The van der Waals surface area contributed by atoms with Crippen molar-refractivity contribution in [1.82, 2.24) is 18.6 Å². The van der Waals surface area contributed by atoms with Crippen LogP contribution < -0.4 is 10.1 Å². The van der Waals surface area contributed by atoms with Crippen molar-refractivity contribution in [2.75, 3.05) is 38.1 Å². The zero-order chi connectivity index (χ0) is 33.1. The summed E-state index contributed by atoms with van der Waals surface area (Å²) in [4.78, 5) is 29.8. The summed E-state index contributed by atoms with van der Waals surface area (Å²) in [5, 5.41) is 14.2. The molecule has 1 fully saturated rings. The Morgan fingerprint density at radius 1 is 0.936 bits per heavy atom. The maximum Gasteiger partial charge on any atom is 0.270 e. The van der Waals surface area contributed by atoms with Gasteiger partial charge in [0.1, 0.15) is 11.4 Å². The number of carbonyl (C=O) groups excluding carboxylic acids is 1. The minimum atomic E-state index is -3.73. The first-order valence-electron chi connectivity index (χ1n) is 15.2. The average molecular weight is 655 g/mol. The van der Waals surface area contributed by atoms with Crippen molar-refractivity contribution in [2.24, 2.45) is 0 Å². The first kappa shape index (κ1) is 31.9. The van der Waals surface area contributed by atoms with Crippen molar-refractivity contribution in [3.63, 3.8) is 0 Å². The van der Waals surface area contributed by atoms with Gasteiger partial charge in [0.05, 0.1) is 27.8 Å². The molecule has 0 aliphatic carbocycles. The van der Waals surface area contributed by atoms with Crippen molar-refractivity contribution in [3.05, 3.63) is 107 Å². The lowest BCUT2D eigenvalue weighted by atomic mass is 10.1. The smallest absolute Gasteiger partial charge is 0.270 e. The van der Waals surface area contributed by atoms with Gasteiger partial charge < -0.3 is 14.5 Å². The number of hydrogen-bond acceptors (Lipinski definition) is 8. The molecule has 5 aromatic rings. The molecule has 3 aromatic carbocycles. The van der Waals surface area contributed by atoms with Crippen LogP contribution in [0, 0.1) is 10.1 Å². The van der Waals surface area contributed by atoms with E-state index in [4.69, 9.17) is 9.72 Å². The number of piperazine rings is 1. The number of nitro benzene ring substituents is 1. The van der Waals surface area contributed by atoms with E-state index in [0.717, 1.165) is 22.6 Å². The molecule has 0 radical (unpaired) electrons. The molecule has 2 aromatic heterocycles. The summed E-state index contributed by atoms with van der Waals surface area (Å²) in [6.07, 6.45) is 2.01. The third-order valence-electron chi connectivity index (χ3n) is 8.04. The molecule has 0 bridgehead atoms. The van der Waals surface area contributed by atoms with Gasteiger partial charge in [0, 0.05) is 69.2 Å². The van der Waals surface area contributed by atoms with Crippen LogP contribution in [-0.2, 0) is 21.4 Å². The molecule has 1 N–H and O–H groups in total. The minimum Gasteiger partial charge on any atom is -0.494 e. The first-order chi connectivity index (χ1) is 22.6. The monoisotopic (exact) mass is 654 g/mol. The zero-order valence-electron chi connectivity index (χ0n) is 26.0. The Balaban J connectivity index is 1.29. The van der Waals surface area contributed by atoms with Gasteiger partial charge in [-0.25, -0.2) is 13.4 Å². The number of rotatable bonds is 10. The lowest BCUT2D eigenvalue weighted by molar-refractivity contribution is -0.384. The van der Waals surface area contributed by atoms with Gasteiger partial charge in [-0.05, 0) is 66.6 Å². The SMILES string of the molecule is CCOc1cccc(-c2ccc3nc(-c4cccc([N+](=O)[O-])c4)c(CN4CCN(S(=O)(=O)c5ccc(NC(C)=O)cc5)CC4)n3c2)c1. The highest BCUT2D eigenvalue weighted by molar-refractivity contribution is 7.89. The molecule has 0 spiro atoms. The Morgan fingerprint density at radius 3 is 2.36 bits per heavy atom. The molecule has 0 unspecified atom stereocenters. The number of nitrogens with zero attached hydrogens (tertiary/aromatic N) is 5. The number of nitro groups is 1. The Bertz CT molecular complexity index is 2050. The highest BCUT2D eigenvalue weighted by Crippen LogP contribution is 2.31. The number of carbonyl (C=O) groups is 1. The highest BCUT2D eigenvalue weighted by Gasteiger charge is 2.29. The fraction of sp³-hybridized carbons (Fsp3) is 0.235. The predicted molar refractivity (Wildman–Crippen MR) is 179 cm³/mol. The van der Waals surface area contributed by atoms with Crippen LogP contribution in [0.1, 0.15) is 19.5 Å². The zero-order valence-corrected chi connectivity index (χ0v) is 26.8. The lowest BCUT2D eigenvalue weighted by Gasteiger charge is -2.34. The van der Waals surface area contributed by atoms with Gasteiger partial charge >= 0.3 is 0 Å². The second-order valence-electron chi connectivity index (χ2n) is 11.2. The first-order valence-corrected chi connectivity index (χ1v) is 16.7. The van der Waals surface area contributed by atoms with E-state index >= 15 is 0 Å². The molecule has 242 valence electrons. The fourth-order valence-corrected chi connectivity index (χ4v) is 7.17. The van der Waals surface area contributed by atoms with Crippen LogP contribution in [0.4, 0.5) is 11.4 Å². The second kappa shape index (κ2) is 13.3. The van der Waals surface area contributed by atoms with Crippen molar-refractivity contribution in [2.45, 2.75) is 25.3 Å². The summed E-state index contributed by atoms with van der Waals surface area (Å²) in [5.41, 5.74) is 5.21. The summed E-state index contributed by atoms with van der Waals surface area (Å²) in [7, 11) is -3.73. The number of sulfonamides is 1. The van der Waals surface area contributed by atoms with Crippen LogP contribution in [0.15, 0.2) is 96.0 Å². The number of non-ortho nitro benzene ring substituents is 1. The van der Waals surface area contributed by atoms with E-state index in [1.165, 1.54) is 35.5 Å².